The van der Waals surface area contributed by atoms with E-state index < -0.39 is 23.1 Å². The third-order valence-corrected chi connectivity index (χ3v) is 5.44. The van der Waals surface area contributed by atoms with Crippen LogP contribution in [0.3, 0.4) is 0 Å². The molecule has 0 bridgehead atoms. The van der Waals surface area contributed by atoms with Crippen molar-refractivity contribution in [3.05, 3.63) is 35.9 Å². The van der Waals surface area contributed by atoms with Crippen molar-refractivity contribution in [1.82, 2.24) is 4.90 Å². The summed E-state index contributed by atoms with van der Waals surface area (Å²) >= 11 is 0. The molecule has 1 aliphatic carbocycles. The van der Waals surface area contributed by atoms with E-state index in [-0.39, 0.29) is 13.2 Å². The van der Waals surface area contributed by atoms with Crippen molar-refractivity contribution in [3.63, 3.8) is 0 Å². The summed E-state index contributed by atoms with van der Waals surface area (Å²) in [5.41, 5.74) is -1.61. The van der Waals surface area contributed by atoms with Crippen LogP contribution in [-0.2, 0) is 16.1 Å². The highest BCUT2D eigenvalue weighted by Crippen LogP contribution is 2.52. The van der Waals surface area contributed by atoms with Gasteiger partial charge in [0.2, 0.25) is 0 Å². The fourth-order valence-corrected chi connectivity index (χ4v) is 3.80. The van der Waals surface area contributed by atoms with Crippen LogP contribution >= 0.6 is 0 Å². The first-order valence-electron chi connectivity index (χ1n) is 8.38. The number of amides is 1. The average Bonchev–Trinajstić information content (AvgIpc) is 2.51. The number of piperidine rings is 1. The highest BCUT2D eigenvalue weighted by molar-refractivity contribution is 5.78. The molecule has 6 heteroatoms. The van der Waals surface area contributed by atoms with Crippen molar-refractivity contribution >= 4 is 12.1 Å². The monoisotopic (exact) mass is 333 g/mol. The second kappa shape index (κ2) is 6.43. The number of nitrogens with zero attached hydrogens (tertiary/aromatic N) is 1. The van der Waals surface area contributed by atoms with Gasteiger partial charge in [-0.05, 0) is 31.2 Å². The van der Waals surface area contributed by atoms with Gasteiger partial charge in [-0.3, -0.25) is 4.79 Å². The molecule has 1 saturated carbocycles. The zero-order valence-corrected chi connectivity index (χ0v) is 13.6. The van der Waals surface area contributed by atoms with Crippen LogP contribution in [0.1, 0.15) is 37.7 Å². The van der Waals surface area contributed by atoms with Crippen LogP contribution in [0.5, 0.6) is 0 Å². The summed E-state index contributed by atoms with van der Waals surface area (Å²) in [6.07, 6.45) is 2.20. The molecular weight excluding hydrogens is 310 g/mol. The minimum absolute atomic E-state index is 0.0208. The van der Waals surface area contributed by atoms with Crippen LogP contribution in [0, 0.1) is 5.41 Å². The van der Waals surface area contributed by atoms with Gasteiger partial charge in [0.1, 0.15) is 6.61 Å². The summed E-state index contributed by atoms with van der Waals surface area (Å²) in [5, 5.41) is 20.6. The Morgan fingerprint density at radius 2 is 1.83 bits per heavy atom. The molecular formula is C18H23NO5. The standard InChI is InChI=1S/C18H23NO5/c20-15(21)17(8-4-9-17)18(23)10-5-11-19(13-18)16(22)24-12-14-6-2-1-3-7-14/h1-3,6-7,23H,4-5,8-13H2,(H,20,21). The Kier molecular flexibility index (Phi) is 4.49. The van der Waals surface area contributed by atoms with Gasteiger partial charge in [0.15, 0.2) is 0 Å². The number of carbonyl (C=O) groups is 2. The fraction of sp³-hybridized carbons (Fsp3) is 0.556. The Morgan fingerprint density at radius 1 is 1.12 bits per heavy atom. The number of benzene rings is 1. The Morgan fingerprint density at radius 3 is 2.42 bits per heavy atom. The van der Waals surface area contributed by atoms with E-state index in [1.807, 2.05) is 30.3 Å². The first-order chi connectivity index (χ1) is 11.5. The van der Waals surface area contributed by atoms with Crippen molar-refractivity contribution in [2.24, 2.45) is 5.41 Å². The van der Waals surface area contributed by atoms with Gasteiger partial charge >= 0.3 is 12.1 Å². The van der Waals surface area contributed by atoms with E-state index in [1.165, 1.54) is 4.90 Å². The third kappa shape index (κ3) is 2.86. The predicted molar refractivity (Wildman–Crippen MR) is 86.3 cm³/mol. The first kappa shape index (κ1) is 16.8. The van der Waals surface area contributed by atoms with Gasteiger partial charge < -0.3 is 19.8 Å². The number of aliphatic hydroxyl groups is 1. The molecule has 1 aromatic rings. The minimum atomic E-state index is -1.37. The number of carbonyl (C=O) groups excluding carboxylic acids is 1. The van der Waals surface area contributed by atoms with E-state index in [0.29, 0.717) is 32.2 Å². The van der Waals surface area contributed by atoms with Gasteiger partial charge in [-0.2, -0.15) is 0 Å². The molecule has 1 aliphatic heterocycles. The van der Waals surface area contributed by atoms with Crippen molar-refractivity contribution in [3.8, 4) is 0 Å². The Bertz CT molecular complexity index is 613. The Labute approximate surface area is 141 Å². The Hall–Kier alpha value is -2.08. The molecule has 0 spiro atoms. The van der Waals surface area contributed by atoms with Gasteiger partial charge in [0.25, 0.3) is 0 Å². The molecule has 0 aromatic heterocycles. The van der Waals surface area contributed by atoms with Crippen LogP contribution in [0.4, 0.5) is 4.79 Å². The van der Waals surface area contributed by atoms with E-state index >= 15 is 0 Å². The molecule has 1 aromatic carbocycles. The van der Waals surface area contributed by atoms with Crippen LogP contribution in [0.15, 0.2) is 30.3 Å². The van der Waals surface area contributed by atoms with Crippen LogP contribution < -0.4 is 0 Å². The van der Waals surface area contributed by atoms with Gasteiger partial charge in [-0.1, -0.05) is 36.8 Å². The smallest absolute Gasteiger partial charge is 0.410 e. The van der Waals surface area contributed by atoms with E-state index in [9.17, 15) is 19.8 Å². The van der Waals surface area contributed by atoms with Crippen LogP contribution in [0.2, 0.25) is 0 Å². The normalized spacial score (nSPS) is 25.6. The van der Waals surface area contributed by atoms with Gasteiger partial charge in [-0.25, -0.2) is 4.79 Å². The highest BCUT2D eigenvalue weighted by atomic mass is 16.6. The maximum absolute atomic E-state index is 12.3. The topological polar surface area (TPSA) is 87.1 Å². The molecule has 6 nitrogen and oxygen atoms in total. The molecule has 1 atom stereocenters. The zero-order chi connectivity index (χ0) is 17.2. The fourth-order valence-electron chi connectivity index (χ4n) is 3.80. The predicted octanol–water partition coefficient (Wildman–Crippen LogP) is 2.41. The van der Waals surface area contributed by atoms with Gasteiger partial charge in [-0.15, -0.1) is 0 Å². The first-order valence-corrected chi connectivity index (χ1v) is 8.38. The lowest BCUT2D eigenvalue weighted by atomic mass is 9.56. The number of carboxylic acids is 1. The molecule has 2 N–H and O–H groups in total. The van der Waals surface area contributed by atoms with Crippen molar-refractivity contribution in [2.45, 2.75) is 44.3 Å². The number of β-amino-alcohol motifs (C(OH)–C–C–N with tert-alkyl or cyclic N) is 1. The molecule has 1 heterocycles. The van der Waals surface area contributed by atoms with Crippen LogP contribution in [-0.4, -0.2) is 45.9 Å². The van der Waals surface area contributed by atoms with E-state index in [1.54, 1.807) is 0 Å². The van der Waals surface area contributed by atoms with Gasteiger partial charge in [0, 0.05) is 6.54 Å². The number of aliphatic carboxylic acids is 1. The van der Waals surface area contributed by atoms with E-state index in [4.69, 9.17) is 4.74 Å². The largest absolute Gasteiger partial charge is 0.481 e. The average molecular weight is 333 g/mol. The summed E-state index contributed by atoms with van der Waals surface area (Å²) in [7, 11) is 0. The number of likely N-dealkylation sites (tertiary alicyclic amines) is 1. The summed E-state index contributed by atoms with van der Waals surface area (Å²) in [4.78, 5) is 25.4. The number of rotatable bonds is 4. The second-order valence-electron chi connectivity index (χ2n) is 6.84. The highest BCUT2D eigenvalue weighted by Gasteiger charge is 2.60. The lowest BCUT2D eigenvalue weighted by molar-refractivity contribution is -0.193. The van der Waals surface area contributed by atoms with Crippen LogP contribution in [0.25, 0.3) is 0 Å². The molecule has 2 fully saturated rings. The lowest BCUT2D eigenvalue weighted by Gasteiger charge is -2.53. The molecule has 1 unspecified atom stereocenters. The van der Waals surface area contributed by atoms with Crippen molar-refractivity contribution < 1.29 is 24.5 Å². The summed E-state index contributed by atoms with van der Waals surface area (Å²) in [6, 6.07) is 9.37. The van der Waals surface area contributed by atoms with E-state index in [0.717, 1.165) is 12.0 Å². The molecule has 3 rings (SSSR count). The van der Waals surface area contributed by atoms with E-state index in [2.05, 4.69) is 0 Å². The summed E-state index contributed by atoms with van der Waals surface area (Å²) in [6.45, 7) is 0.664. The number of carboxylic acid groups (broad SMARTS) is 1. The number of hydrogen-bond donors (Lipinski definition) is 2. The molecule has 24 heavy (non-hydrogen) atoms. The minimum Gasteiger partial charge on any atom is -0.481 e. The molecule has 2 aliphatic rings. The number of ether oxygens (including phenoxy) is 1. The Balaban J connectivity index is 1.64. The zero-order valence-electron chi connectivity index (χ0n) is 13.6. The molecule has 130 valence electrons. The maximum Gasteiger partial charge on any atom is 0.410 e. The summed E-state index contributed by atoms with van der Waals surface area (Å²) in [5.74, 6) is -0.962. The molecule has 1 amide bonds. The third-order valence-electron chi connectivity index (χ3n) is 5.44. The van der Waals surface area contributed by atoms with Crippen molar-refractivity contribution in [1.29, 1.82) is 0 Å². The summed E-state index contributed by atoms with van der Waals surface area (Å²) < 4.78 is 5.31. The molecule has 0 radical (unpaired) electrons. The quantitative estimate of drug-likeness (QED) is 0.883. The van der Waals surface area contributed by atoms with Gasteiger partial charge in [0.05, 0.1) is 17.6 Å². The maximum atomic E-state index is 12.3. The lowest BCUT2D eigenvalue weighted by Crippen LogP contribution is -2.64. The number of hydrogen-bond acceptors (Lipinski definition) is 4. The van der Waals surface area contributed by atoms with Crippen molar-refractivity contribution in [2.75, 3.05) is 13.1 Å². The molecule has 1 saturated heterocycles. The second-order valence-corrected chi connectivity index (χ2v) is 6.84. The SMILES string of the molecule is O=C(OCc1ccccc1)N1CCCC(O)(C2(C(=O)O)CCC2)C1.